The molecule has 4 rings (SSSR count). The van der Waals surface area contributed by atoms with E-state index in [2.05, 4.69) is 45.8 Å². The number of nitrogens with one attached hydrogen (secondary N) is 1. The standard InChI is InChI=1S/C23H24N4OS/c1-14-5-6-18(21-12-29-13-24-21)11-19(14)10-16(3)26-23(28)20-7-8-27-17(4)9-15(2)25-22(20)27/h5-9,11-13,16H,10H2,1-4H3,(H,26,28). The molecule has 0 aliphatic carbocycles. The van der Waals surface area contributed by atoms with E-state index >= 15 is 0 Å². The Morgan fingerprint density at radius 3 is 2.79 bits per heavy atom. The van der Waals surface area contributed by atoms with E-state index in [9.17, 15) is 4.79 Å². The van der Waals surface area contributed by atoms with E-state index in [0.29, 0.717) is 11.2 Å². The number of nitrogens with zero attached hydrogens (tertiary/aromatic N) is 3. The lowest BCUT2D eigenvalue weighted by Gasteiger charge is -2.16. The molecule has 0 spiro atoms. The smallest absolute Gasteiger partial charge is 0.255 e. The molecule has 0 saturated carbocycles. The third kappa shape index (κ3) is 3.93. The highest BCUT2D eigenvalue weighted by Crippen LogP contribution is 2.23. The van der Waals surface area contributed by atoms with Crippen molar-refractivity contribution >= 4 is 22.9 Å². The zero-order valence-corrected chi connectivity index (χ0v) is 17.9. The van der Waals surface area contributed by atoms with E-state index in [4.69, 9.17) is 0 Å². The Bertz CT molecular complexity index is 1180. The zero-order valence-electron chi connectivity index (χ0n) is 17.1. The quantitative estimate of drug-likeness (QED) is 0.522. The van der Waals surface area contributed by atoms with Crippen LogP contribution in [-0.4, -0.2) is 26.3 Å². The summed E-state index contributed by atoms with van der Waals surface area (Å²) in [6.45, 7) is 8.10. The topological polar surface area (TPSA) is 59.3 Å². The molecule has 6 heteroatoms. The van der Waals surface area contributed by atoms with Gasteiger partial charge in [0.15, 0.2) is 0 Å². The van der Waals surface area contributed by atoms with E-state index in [0.717, 1.165) is 29.1 Å². The third-order valence-electron chi connectivity index (χ3n) is 5.16. The van der Waals surface area contributed by atoms with Gasteiger partial charge in [-0.2, -0.15) is 0 Å². The fourth-order valence-corrected chi connectivity index (χ4v) is 4.22. The van der Waals surface area contributed by atoms with Crippen molar-refractivity contribution in [1.29, 1.82) is 0 Å². The van der Waals surface area contributed by atoms with Crippen molar-refractivity contribution in [2.75, 3.05) is 0 Å². The molecule has 0 aliphatic rings. The van der Waals surface area contributed by atoms with Gasteiger partial charge in [-0.05, 0) is 63.4 Å². The molecule has 1 atom stereocenters. The summed E-state index contributed by atoms with van der Waals surface area (Å²) in [5, 5.41) is 5.19. The van der Waals surface area contributed by atoms with Gasteiger partial charge in [-0.3, -0.25) is 4.79 Å². The average molecular weight is 405 g/mol. The highest BCUT2D eigenvalue weighted by atomic mass is 32.1. The summed E-state index contributed by atoms with van der Waals surface area (Å²) >= 11 is 1.59. The molecule has 5 nitrogen and oxygen atoms in total. The number of hydrogen-bond acceptors (Lipinski definition) is 4. The van der Waals surface area contributed by atoms with E-state index in [1.54, 1.807) is 11.3 Å². The minimum absolute atomic E-state index is 0.00672. The van der Waals surface area contributed by atoms with Crippen molar-refractivity contribution in [1.82, 2.24) is 19.7 Å². The van der Waals surface area contributed by atoms with Crippen LogP contribution in [-0.2, 0) is 6.42 Å². The molecule has 4 aromatic rings. The maximum atomic E-state index is 12.9. The fraction of sp³-hybridized carbons (Fsp3) is 0.261. The second-order valence-corrected chi connectivity index (χ2v) is 8.27. The molecule has 148 valence electrons. The summed E-state index contributed by atoms with van der Waals surface area (Å²) in [7, 11) is 0. The summed E-state index contributed by atoms with van der Waals surface area (Å²) in [5.41, 5.74) is 9.66. The molecule has 0 aliphatic heterocycles. The van der Waals surface area contributed by atoms with Crippen molar-refractivity contribution in [3.8, 4) is 11.3 Å². The molecule has 29 heavy (non-hydrogen) atoms. The first kappa shape index (κ1) is 19.3. The van der Waals surface area contributed by atoms with Gasteiger partial charge in [-0.25, -0.2) is 9.97 Å². The largest absolute Gasteiger partial charge is 0.349 e. The van der Waals surface area contributed by atoms with E-state index in [1.807, 2.05) is 49.0 Å². The van der Waals surface area contributed by atoms with Gasteiger partial charge in [0, 0.05) is 34.6 Å². The van der Waals surface area contributed by atoms with Gasteiger partial charge in [0.2, 0.25) is 0 Å². The van der Waals surface area contributed by atoms with Gasteiger partial charge in [-0.15, -0.1) is 11.3 Å². The number of amides is 1. The first-order chi connectivity index (χ1) is 13.9. The lowest BCUT2D eigenvalue weighted by Crippen LogP contribution is -2.34. The van der Waals surface area contributed by atoms with Crippen LogP contribution < -0.4 is 5.32 Å². The molecule has 1 amide bonds. The van der Waals surface area contributed by atoms with Crippen molar-refractivity contribution in [3.63, 3.8) is 0 Å². The van der Waals surface area contributed by atoms with Crippen molar-refractivity contribution in [2.24, 2.45) is 0 Å². The lowest BCUT2D eigenvalue weighted by molar-refractivity contribution is 0.0941. The van der Waals surface area contributed by atoms with E-state index in [1.165, 1.54) is 11.1 Å². The summed E-state index contributed by atoms with van der Waals surface area (Å²) in [5.74, 6) is -0.0918. The van der Waals surface area contributed by atoms with Crippen LogP contribution in [0, 0.1) is 20.8 Å². The number of carbonyl (C=O) groups excluding carboxylic acids is 1. The molecule has 0 saturated heterocycles. The highest BCUT2D eigenvalue weighted by Gasteiger charge is 2.17. The van der Waals surface area contributed by atoms with Gasteiger partial charge in [0.25, 0.3) is 5.91 Å². The predicted octanol–water partition coefficient (Wildman–Crippen LogP) is 4.74. The maximum Gasteiger partial charge on any atom is 0.255 e. The van der Waals surface area contributed by atoms with Gasteiger partial charge in [-0.1, -0.05) is 12.1 Å². The first-order valence-corrected chi connectivity index (χ1v) is 10.6. The summed E-state index contributed by atoms with van der Waals surface area (Å²) in [6, 6.07) is 10.2. The molecule has 1 unspecified atom stereocenters. The number of carbonyl (C=O) groups is 1. The number of benzene rings is 1. The Morgan fingerprint density at radius 2 is 2.03 bits per heavy atom. The van der Waals surface area contributed by atoms with Gasteiger partial charge < -0.3 is 9.72 Å². The molecule has 3 heterocycles. The van der Waals surface area contributed by atoms with Crippen molar-refractivity contribution < 1.29 is 4.79 Å². The molecule has 0 fully saturated rings. The SMILES string of the molecule is Cc1cc(C)n2ccc(C(=O)NC(C)Cc3cc(-c4cscn4)ccc3C)c2n1. The summed E-state index contributed by atoms with van der Waals surface area (Å²) in [6.07, 6.45) is 2.66. The number of hydrogen-bond donors (Lipinski definition) is 1. The molecular weight excluding hydrogens is 380 g/mol. The van der Waals surface area contributed by atoms with Crippen LogP contribution in [0.5, 0.6) is 0 Å². The minimum atomic E-state index is -0.0918. The van der Waals surface area contributed by atoms with Crippen molar-refractivity contribution in [3.05, 3.63) is 75.5 Å². The molecule has 1 N–H and O–H groups in total. The first-order valence-electron chi connectivity index (χ1n) is 9.66. The second kappa shape index (κ2) is 7.79. The number of aryl methyl sites for hydroxylation is 3. The van der Waals surface area contributed by atoms with Crippen LogP contribution in [0.3, 0.4) is 0 Å². The molecule has 0 radical (unpaired) electrons. The van der Waals surface area contributed by atoms with Crippen LogP contribution in [0.2, 0.25) is 0 Å². The number of thiazole rings is 1. The Balaban J connectivity index is 1.53. The Morgan fingerprint density at radius 1 is 1.21 bits per heavy atom. The fourth-order valence-electron chi connectivity index (χ4n) is 3.66. The van der Waals surface area contributed by atoms with Gasteiger partial charge in [0.1, 0.15) is 5.65 Å². The normalized spacial score (nSPS) is 12.3. The molecule has 3 aromatic heterocycles. The number of aromatic nitrogens is 3. The Hall–Kier alpha value is -2.99. The Labute approximate surface area is 174 Å². The van der Waals surface area contributed by atoms with Crippen LogP contribution in [0.4, 0.5) is 0 Å². The highest BCUT2D eigenvalue weighted by molar-refractivity contribution is 7.07. The predicted molar refractivity (Wildman–Crippen MR) is 118 cm³/mol. The van der Waals surface area contributed by atoms with Crippen LogP contribution in [0.15, 0.2) is 47.4 Å². The summed E-state index contributed by atoms with van der Waals surface area (Å²) < 4.78 is 1.95. The molecule has 0 bridgehead atoms. The van der Waals surface area contributed by atoms with Gasteiger partial charge >= 0.3 is 0 Å². The monoisotopic (exact) mass is 404 g/mol. The molecule has 1 aromatic carbocycles. The maximum absolute atomic E-state index is 12.9. The average Bonchev–Trinajstić information content (AvgIpc) is 3.33. The minimum Gasteiger partial charge on any atom is -0.349 e. The van der Waals surface area contributed by atoms with Crippen molar-refractivity contribution in [2.45, 2.75) is 40.2 Å². The molecular formula is C23H24N4OS. The van der Waals surface area contributed by atoms with Crippen LogP contribution in [0.25, 0.3) is 16.9 Å². The van der Waals surface area contributed by atoms with Gasteiger partial charge in [0.05, 0.1) is 16.8 Å². The summed E-state index contributed by atoms with van der Waals surface area (Å²) in [4.78, 5) is 21.9. The zero-order chi connectivity index (χ0) is 20.5. The van der Waals surface area contributed by atoms with Crippen LogP contribution >= 0.6 is 11.3 Å². The van der Waals surface area contributed by atoms with Crippen LogP contribution in [0.1, 0.15) is 39.8 Å². The number of rotatable bonds is 5. The number of fused-ring (bicyclic) bond motifs is 1. The van der Waals surface area contributed by atoms with E-state index in [-0.39, 0.29) is 11.9 Å². The second-order valence-electron chi connectivity index (χ2n) is 7.56. The van der Waals surface area contributed by atoms with E-state index < -0.39 is 0 Å². The third-order valence-corrected chi connectivity index (χ3v) is 5.75. The lowest BCUT2D eigenvalue weighted by atomic mass is 9.98. The Kier molecular flexibility index (Phi) is 5.20.